The van der Waals surface area contributed by atoms with Crippen molar-refractivity contribution in [2.75, 3.05) is 13.2 Å². The number of carbonyl (C=O) groups is 1. The fraction of sp³-hybridized carbons (Fsp3) is 0.278. The minimum atomic E-state index is -0.218. The second kappa shape index (κ2) is 8.44. The lowest BCUT2D eigenvalue weighted by Gasteiger charge is -2.15. The van der Waals surface area contributed by atoms with Gasteiger partial charge in [-0.2, -0.15) is 0 Å². The van der Waals surface area contributed by atoms with Crippen molar-refractivity contribution in [3.63, 3.8) is 0 Å². The average Bonchev–Trinajstić information content (AvgIpc) is 2.53. The topological polar surface area (TPSA) is 47.6 Å². The van der Waals surface area contributed by atoms with Gasteiger partial charge in [0.1, 0.15) is 18.1 Å². The third-order valence-electron chi connectivity index (χ3n) is 3.12. The molecule has 23 heavy (non-hydrogen) atoms. The second-order valence-electron chi connectivity index (χ2n) is 5.31. The number of amides is 1. The van der Waals surface area contributed by atoms with Gasteiger partial charge >= 0.3 is 0 Å². The summed E-state index contributed by atoms with van der Waals surface area (Å²) < 4.78 is 11.0. The molecule has 122 valence electrons. The minimum absolute atomic E-state index is 0.0847. The molecule has 0 saturated heterocycles. The van der Waals surface area contributed by atoms with Crippen LogP contribution >= 0.6 is 11.6 Å². The Kier molecular flexibility index (Phi) is 6.29. The van der Waals surface area contributed by atoms with Crippen LogP contribution in [0, 0.1) is 6.92 Å². The molecule has 2 aromatic carbocycles. The monoisotopic (exact) mass is 333 g/mol. The summed E-state index contributed by atoms with van der Waals surface area (Å²) in [5.41, 5.74) is 1.18. The van der Waals surface area contributed by atoms with E-state index < -0.39 is 0 Å². The van der Waals surface area contributed by atoms with Gasteiger partial charge in [0.05, 0.1) is 11.1 Å². The van der Waals surface area contributed by atoms with Gasteiger partial charge in [0.15, 0.2) is 6.61 Å². The third-order valence-corrected chi connectivity index (χ3v) is 3.44. The van der Waals surface area contributed by atoms with Crippen molar-refractivity contribution in [2.24, 2.45) is 0 Å². The molecule has 0 aliphatic rings. The minimum Gasteiger partial charge on any atom is -0.491 e. The smallest absolute Gasteiger partial charge is 0.258 e. The number of aryl methyl sites for hydroxylation is 1. The van der Waals surface area contributed by atoms with Crippen LogP contribution in [0.3, 0.4) is 0 Å². The SMILES string of the molecule is Cc1ccc(OCC(C)NC(=O)COc2ccccc2Cl)cc1. The van der Waals surface area contributed by atoms with E-state index in [2.05, 4.69) is 5.32 Å². The maximum atomic E-state index is 11.9. The molecule has 0 aromatic heterocycles. The summed E-state index contributed by atoms with van der Waals surface area (Å²) in [7, 11) is 0. The first-order valence-electron chi connectivity index (χ1n) is 7.41. The van der Waals surface area contributed by atoms with E-state index in [1.807, 2.05) is 38.1 Å². The quantitative estimate of drug-likeness (QED) is 0.842. The molecule has 0 saturated carbocycles. The van der Waals surface area contributed by atoms with Crippen LogP contribution in [0.4, 0.5) is 0 Å². The number of carbonyl (C=O) groups excluding carboxylic acids is 1. The van der Waals surface area contributed by atoms with Gasteiger partial charge in [-0.3, -0.25) is 4.79 Å². The van der Waals surface area contributed by atoms with Gasteiger partial charge in [0.2, 0.25) is 0 Å². The van der Waals surface area contributed by atoms with Crippen molar-refractivity contribution in [2.45, 2.75) is 19.9 Å². The molecule has 0 aliphatic heterocycles. The van der Waals surface area contributed by atoms with E-state index in [9.17, 15) is 4.79 Å². The van der Waals surface area contributed by atoms with Crippen LogP contribution in [0.1, 0.15) is 12.5 Å². The van der Waals surface area contributed by atoms with Crippen LogP contribution < -0.4 is 14.8 Å². The molecular formula is C18H20ClNO3. The van der Waals surface area contributed by atoms with Crippen molar-refractivity contribution >= 4 is 17.5 Å². The van der Waals surface area contributed by atoms with E-state index in [-0.39, 0.29) is 18.6 Å². The predicted octanol–water partition coefficient (Wildman–Crippen LogP) is 3.61. The lowest BCUT2D eigenvalue weighted by atomic mass is 10.2. The Hall–Kier alpha value is -2.20. The summed E-state index contributed by atoms with van der Waals surface area (Å²) in [4.78, 5) is 11.9. The number of benzene rings is 2. The van der Waals surface area contributed by atoms with Gasteiger partial charge in [0.25, 0.3) is 5.91 Å². The van der Waals surface area contributed by atoms with E-state index >= 15 is 0 Å². The molecule has 2 rings (SSSR count). The fourth-order valence-electron chi connectivity index (χ4n) is 1.92. The summed E-state index contributed by atoms with van der Waals surface area (Å²) in [6, 6.07) is 14.7. The highest BCUT2D eigenvalue weighted by Gasteiger charge is 2.10. The molecule has 1 N–H and O–H groups in total. The number of ether oxygens (including phenoxy) is 2. The van der Waals surface area contributed by atoms with Gasteiger partial charge in [-0.15, -0.1) is 0 Å². The van der Waals surface area contributed by atoms with Crippen molar-refractivity contribution < 1.29 is 14.3 Å². The maximum Gasteiger partial charge on any atom is 0.258 e. The van der Waals surface area contributed by atoms with Gasteiger partial charge in [-0.1, -0.05) is 41.4 Å². The van der Waals surface area contributed by atoms with Crippen LogP contribution in [-0.2, 0) is 4.79 Å². The van der Waals surface area contributed by atoms with Gasteiger partial charge < -0.3 is 14.8 Å². The zero-order valence-corrected chi connectivity index (χ0v) is 14.0. The van der Waals surface area contributed by atoms with E-state index in [1.54, 1.807) is 24.3 Å². The molecule has 0 fully saturated rings. The summed E-state index contributed by atoms with van der Waals surface area (Å²) in [5, 5.41) is 3.30. The summed E-state index contributed by atoms with van der Waals surface area (Å²) >= 11 is 5.97. The highest BCUT2D eigenvalue weighted by Crippen LogP contribution is 2.22. The first-order valence-corrected chi connectivity index (χ1v) is 7.78. The molecule has 2 aromatic rings. The average molecular weight is 334 g/mol. The van der Waals surface area contributed by atoms with Crippen molar-refractivity contribution in [3.05, 3.63) is 59.1 Å². The van der Waals surface area contributed by atoms with Gasteiger partial charge in [-0.25, -0.2) is 0 Å². The Bertz CT molecular complexity index is 643. The fourth-order valence-corrected chi connectivity index (χ4v) is 2.11. The Morgan fingerprint density at radius 2 is 1.83 bits per heavy atom. The molecule has 0 radical (unpaired) electrons. The van der Waals surface area contributed by atoms with Crippen molar-refractivity contribution in [1.29, 1.82) is 0 Å². The summed E-state index contributed by atoms with van der Waals surface area (Å²) in [6.07, 6.45) is 0. The largest absolute Gasteiger partial charge is 0.491 e. The van der Waals surface area contributed by atoms with Crippen molar-refractivity contribution in [3.8, 4) is 11.5 Å². The van der Waals surface area contributed by atoms with Crippen LogP contribution in [0.2, 0.25) is 5.02 Å². The van der Waals surface area contributed by atoms with E-state index in [0.29, 0.717) is 17.4 Å². The normalized spacial score (nSPS) is 11.6. The highest BCUT2D eigenvalue weighted by atomic mass is 35.5. The number of nitrogens with one attached hydrogen (secondary N) is 1. The Morgan fingerprint density at radius 1 is 1.13 bits per heavy atom. The number of hydrogen-bond acceptors (Lipinski definition) is 3. The lowest BCUT2D eigenvalue weighted by Crippen LogP contribution is -2.39. The zero-order valence-electron chi connectivity index (χ0n) is 13.2. The lowest BCUT2D eigenvalue weighted by molar-refractivity contribution is -0.123. The van der Waals surface area contributed by atoms with Crippen LogP contribution in [0.25, 0.3) is 0 Å². The number of hydrogen-bond donors (Lipinski definition) is 1. The first kappa shape index (κ1) is 17.2. The number of halogens is 1. The van der Waals surface area contributed by atoms with Crippen LogP contribution in [0.5, 0.6) is 11.5 Å². The Labute approximate surface area is 141 Å². The number of rotatable bonds is 7. The molecule has 0 bridgehead atoms. The first-order chi connectivity index (χ1) is 11.0. The van der Waals surface area contributed by atoms with Crippen LogP contribution in [0.15, 0.2) is 48.5 Å². The summed E-state index contributed by atoms with van der Waals surface area (Å²) in [6.45, 7) is 4.20. The summed E-state index contributed by atoms with van der Waals surface area (Å²) in [5.74, 6) is 1.06. The second-order valence-corrected chi connectivity index (χ2v) is 5.72. The number of para-hydroxylation sites is 1. The molecule has 0 heterocycles. The molecule has 1 unspecified atom stereocenters. The van der Waals surface area contributed by atoms with E-state index in [4.69, 9.17) is 21.1 Å². The molecule has 5 heteroatoms. The molecule has 1 amide bonds. The standard InChI is InChI=1S/C18H20ClNO3/c1-13-7-9-15(10-8-13)22-11-14(2)20-18(21)12-23-17-6-4-3-5-16(17)19/h3-10,14H,11-12H2,1-2H3,(H,20,21). The van der Waals surface area contributed by atoms with Crippen molar-refractivity contribution in [1.82, 2.24) is 5.32 Å². The third kappa shape index (κ3) is 5.83. The zero-order chi connectivity index (χ0) is 16.7. The van der Waals surface area contributed by atoms with Gasteiger partial charge in [-0.05, 0) is 38.1 Å². The molecule has 4 nitrogen and oxygen atoms in total. The Morgan fingerprint density at radius 3 is 2.52 bits per heavy atom. The molecule has 1 atom stereocenters. The maximum absolute atomic E-state index is 11.9. The molecule has 0 spiro atoms. The van der Waals surface area contributed by atoms with Gasteiger partial charge in [0, 0.05) is 0 Å². The van der Waals surface area contributed by atoms with E-state index in [0.717, 1.165) is 5.75 Å². The predicted molar refractivity (Wildman–Crippen MR) is 91.2 cm³/mol. The highest BCUT2D eigenvalue weighted by molar-refractivity contribution is 6.32. The van der Waals surface area contributed by atoms with E-state index in [1.165, 1.54) is 5.56 Å². The molecular weight excluding hydrogens is 314 g/mol. The molecule has 0 aliphatic carbocycles. The van der Waals surface area contributed by atoms with Crippen LogP contribution in [-0.4, -0.2) is 25.2 Å². The Balaban J connectivity index is 1.72.